The SMILES string of the molecule is O=C(Nc1cccc2c1CCCC2)c1ccc(=O)n(CCOc2ccccc2)n1. The van der Waals surface area contributed by atoms with E-state index < -0.39 is 0 Å². The third-order valence-electron chi connectivity index (χ3n) is 5.06. The molecule has 29 heavy (non-hydrogen) atoms. The summed E-state index contributed by atoms with van der Waals surface area (Å²) in [6.45, 7) is 0.545. The zero-order valence-electron chi connectivity index (χ0n) is 16.1. The molecule has 1 amide bonds. The van der Waals surface area contributed by atoms with E-state index in [0.717, 1.165) is 30.7 Å². The fourth-order valence-corrected chi connectivity index (χ4v) is 3.58. The fourth-order valence-electron chi connectivity index (χ4n) is 3.58. The van der Waals surface area contributed by atoms with Gasteiger partial charge < -0.3 is 10.1 Å². The highest BCUT2D eigenvalue weighted by atomic mass is 16.5. The Hall–Kier alpha value is -3.41. The van der Waals surface area contributed by atoms with Crippen LogP contribution in [0.5, 0.6) is 5.75 Å². The molecule has 1 aliphatic rings. The number of nitrogens with zero attached hydrogens (tertiary/aromatic N) is 2. The average Bonchev–Trinajstić information content (AvgIpc) is 2.76. The lowest BCUT2D eigenvalue weighted by Crippen LogP contribution is -2.28. The summed E-state index contributed by atoms with van der Waals surface area (Å²) in [6, 6.07) is 18.2. The quantitative estimate of drug-likeness (QED) is 0.701. The van der Waals surface area contributed by atoms with E-state index in [0.29, 0.717) is 0 Å². The van der Waals surface area contributed by atoms with Crippen LogP contribution >= 0.6 is 0 Å². The molecule has 0 radical (unpaired) electrons. The first-order valence-corrected chi connectivity index (χ1v) is 9.89. The topological polar surface area (TPSA) is 73.2 Å². The second-order valence-electron chi connectivity index (χ2n) is 7.05. The van der Waals surface area contributed by atoms with E-state index in [1.807, 2.05) is 42.5 Å². The van der Waals surface area contributed by atoms with Gasteiger partial charge in [-0.2, -0.15) is 5.10 Å². The van der Waals surface area contributed by atoms with Gasteiger partial charge in [-0.25, -0.2) is 4.68 Å². The summed E-state index contributed by atoms with van der Waals surface area (Å²) in [5.41, 5.74) is 3.27. The van der Waals surface area contributed by atoms with Crippen molar-refractivity contribution in [2.24, 2.45) is 0 Å². The Balaban J connectivity index is 1.45. The predicted molar refractivity (Wildman–Crippen MR) is 111 cm³/mol. The van der Waals surface area contributed by atoms with Crippen molar-refractivity contribution in [1.29, 1.82) is 0 Å². The maximum absolute atomic E-state index is 12.7. The Labute approximate surface area is 169 Å². The van der Waals surface area contributed by atoms with E-state index >= 15 is 0 Å². The number of carbonyl (C=O) groups is 1. The smallest absolute Gasteiger partial charge is 0.276 e. The third kappa shape index (κ3) is 4.54. The molecule has 0 saturated heterocycles. The lowest BCUT2D eigenvalue weighted by Gasteiger charge is -2.19. The van der Waals surface area contributed by atoms with Crippen LogP contribution in [0.4, 0.5) is 5.69 Å². The molecule has 148 valence electrons. The van der Waals surface area contributed by atoms with E-state index in [-0.39, 0.29) is 30.3 Å². The van der Waals surface area contributed by atoms with Crippen molar-refractivity contribution >= 4 is 11.6 Å². The molecule has 1 N–H and O–H groups in total. The maximum atomic E-state index is 12.7. The number of hydrogen-bond donors (Lipinski definition) is 1. The first-order chi connectivity index (χ1) is 14.2. The number of benzene rings is 2. The van der Waals surface area contributed by atoms with E-state index in [4.69, 9.17) is 4.74 Å². The Kier molecular flexibility index (Phi) is 5.70. The number of aryl methyl sites for hydroxylation is 1. The number of hydrogen-bond acceptors (Lipinski definition) is 4. The molecule has 0 unspecified atom stereocenters. The molecule has 0 aliphatic heterocycles. The minimum absolute atomic E-state index is 0.206. The summed E-state index contributed by atoms with van der Waals surface area (Å²) in [5.74, 6) is 0.407. The van der Waals surface area contributed by atoms with Crippen LogP contribution in [0.2, 0.25) is 0 Å². The van der Waals surface area contributed by atoms with Crippen LogP contribution in [0, 0.1) is 0 Å². The van der Waals surface area contributed by atoms with Crippen LogP contribution in [-0.4, -0.2) is 22.3 Å². The van der Waals surface area contributed by atoms with Gasteiger partial charge in [0.2, 0.25) is 0 Å². The molecule has 0 bridgehead atoms. The predicted octanol–water partition coefficient (Wildman–Crippen LogP) is 3.45. The number of amides is 1. The van der Waals surface area contributed by atoms with Crippen molar-refractivity contribution in [3.05, 3.63) is 87.8 Å². The van der Waals surface area contributed by atoms with Gasteiger partial charge in [0.1, 0.15) is 18.1 Å². The fraction of sp³-hybridized carbons (Fsp3) is 0.261. The van der Waals surface area contributed by atoms with Crippen molar-refractivity contribution in [2.45, 2.75) is 32.2 Å². The number of nitrogens with one attached hydrogen (secondary N) is 1. The van der Waals surface area contributed by atoms with E-state index in [2.05, 4.69) is 16.5 Å². The molecule has 1 heterocycles. The summed E-state index contributed by atoms with van der Waals surface area (Å²) in [6.07, 6.45) is 4.32. The number of ether oxygens (including phenoxy) is 1. The molecule has 6 nitrogen and oxygen atoms in total. The molecular formula is C23H23N3O3. The number of carbonyl (C=O) groups excluding carboxylic acids is 1. The second-order valence-corrected chi connectivity index (χ2v) is 7.05. The summed E-state index contributed by atoms with van der Waals surface area (Å²) >= 11 is 0. The number of para-hydroxylation sites is 1. The largest absolute Gasteiger partial charge is 0.492 e. The molecule has 1 aromatic heterocycles. The standard InChI is InChI=1S/C23H23N3O3/c27-22-14-13-21(25-26(22)15-16-29-18-9-2-1-3-10-18)23(28)24-20-12-6-8-17-7-4-5-11-19(17)20/h1-3,6,8-10,12-14H,4-5,7,11,15-16H2,(H,24,28). The molecule has 0 atom stereocenters. The van der Waals surface area contributed by atoms with E-state index in [1.165, 1.54) is 34.4 Å². The van der Waals surface area contributed by atoms with Gasteiger partial charge in [0, 0.05) is 11.8 Å². The molecular weight excluding hydrogens is 366 g/mol. The van der Waals surface area contributed by atoms with Gasteiger partial charge in [-0.3, -0.25) is 9.59 Å². The van der Waals surface area contributed by atoms with Crippen molar-refractivity contribution in [1.82, 2.24) is 9.78 Å². The average molecular weight is 389 g/mol. The van der Waals surface area contributed by atoms with Gasteiger partial charge in [-0.15, -0.1) is 0 Å². The third-order valence-corrected chi connectivity index (χ3v) is 5.06. The van der Waals surface area contributed by atoms with Crippen LogP contribution < -0.4 is 15.6 Å². The first-order valence-electron chi connectivity index (χ1n) is 9.89. The second kappa shape index (κ2) is 8.73. The highest BCUT2D eigenvalue weighted by Crippen LogP contribution is 2.28. The lowest BCUT2D eigenvalue weighted by atomic mass is 9.90. The Morgan fingerprint density at radius 3 is 2.69 bits per heavy atom. The van der Waals surface area contributed by atoms with Crippen LogP contribution in [0.3, 0.4) is 0 Å². The highest BCUT2D eigenvalue weighted by molar-refractivity contribution is 6.03. The van der Waals surface area contributed by atoms with Crippen LogP contribution in [0.1, 0.15) is 34.5 Å². The van der Waals surface area contributed by atoms with Crippen LogP contribution in [0.25, 0.3) is 0 Å². The van der Waals surface area contributed by atoms with Crippen molar-refractivity contribution in [3.63, 3.8) is 0 Å². The van der Waals surface area contributed by atoms with E-state index in [1.54, 1.807) is 0 Å². The molecule has 6 heteroatoms. The van der Waals surface area contributed by atoms with Crippen LogP contribution in [-0.2, 0) is 19.4 Å². The molecule has 4 rings (SSSR count). The van der Waals surface area contributed by atoms with E-state index in [9.17, 15) is 9.59 Å². The lowest BCUT2D eigenvalue weighted by molar-refractivity contribution is 0.101. The Bertz CT molecular complexity index is 1060. The number of fused-ring (bicyclic) bond motifs is 1. The summed E-state index contributed by atoms with van der Waals surface area (Å²) < 4.78 is 6.89. The van der Waals surface area contributed by atoms with Gasteiger partial charge >= 0.3 is 0 Å². The summed E-state index contributed by atoms with van der Waals surface area (Å²) in [7, 11) is 0. The molecule has 1 aliphatic carbocycles. The number of anilines is 1. The van der Waals surface area contributed by atoms with Gasteiger partial charge in [-0.05, 0) is 61.1 Å². The van der Waals surface area contributed by atoms with Crippen molar-refractivity contribution in [2.75, 3.05) is 11.9 Å². The molecule has 0 fully saturated rings. The number of rotatable bonds is 6. The zero-order chi connectivity index (χ0) is 20.1. The van der Waals surface area contributed by atoms with Gasteiger partial charge in [-0.1, -0.05) is 30.3 Å². The minimum atomic E-state index is -0.318. The Morgan fingerprint density at radius 2 is 1.83 bits per heavy atom. The van der Waals surface area contributed by atoms with Gasteiger partial charge in [0.15, 0.2) is 0 Å². The maximum Gasteiger partial charge on any atom is 0.276 e. The monoisotopic (exact) mass is 389 g/mol. The Morgan fingerprint density at radius 1 is 1.00 bits per heavy atom. The van der Waals surface area contributed by atoms with Gasteiger partial charge in [0.25, 0.3) is 11.5 Å². The van der Waals surface area contributed by atoms with Crippen molar-refractivity contribution in [3.8, 4) is 5.75 Å². The molecule has 3 aromatic rings. The van der Waals surface area contributed by atoms with Crippen molar-refractivity contribution < 1.29 is 9.53 Å². The summed E-state index contributed by atoms with van der Waals surface area (Å²) in [4.78, 5) is 24.8. The minimum Gasteiger partial charge on any atom is -0.492 e. The van der Waals surface area contributed by atoms with Gasteiger partial charge in [0.05, 0.1) is 6.54 Å². The summed E-state index contributed by atoms with van der Waals surface area (Å²) in [5, 5.41) is 7.19. The zero-order valence-corrected chi connectivity index (χ0v) is 16.1. The highest BCUT2D eigenvalue weighted by Gasteiger charge is 2.16. The normalized spacial score (nSPS) is 12.8. The first kappa shape index (κ1) is 18.9. The molecule has 2 aromatic carbocycles. The number of aromatic nitrogens is 2. The molecule has 0 spiro atoms. The van der Waals surface area contributed by atoms with Crippen LogP contribution in [0.15, 0.2) is 65.5 Å². The molecule has 0 saturated carbocycles.